The van der Waals surface area contributed by atoms with Crippen molar-refractivity contribution in [3.05, 3.63) is 64.1 Å². The van der Waals surface area contributed by atoms with Crippen LogP contribution in [0.15, 0.2) is 57.9 Å². The van der Waals surface area contributed by atoms with Crippen LogP contribution < -0.4 is 4.72 Å². The summed E-state index contributed by atoms with van der Waals surface area (Å²) in [6, 6.07) is 8.57. The molecule has 1 N–H and O–H groups in total. The van der Waals surface area contributed by atoms with Crippen LogP contribution in [0.25, 0.3) is 0 Å². The average molecular weight is 408 g/mol. The summed E-state index contributed by atoms with van der Waals surface area (Å²) < 4.78 is 66.6. The first-order valence-corrected chi connectivity index (χ1v) is 8.78. The number of rotatable bonds is 4. The van der Waals surface area contributed by atoms with Gasteiger partial charge < -0.3 is 0 Å². The Balaban J connectivity index is 2.38. The number of hydrogen-bond donors (Lipinski definition) is 1. The van der Waals surface area contributed by atoms with Gasteiger partial charge in [0.2, 0.25) is 10.0 Å². The average Bonchev–Trinajstić information content (AvgIpc) is 2.45. The Bertz CT molecular complexity index is 772. The van der Waals surface area contributed by atoms with E-state index in [0.717, 1.165) is 5.56 Å². The molecule has 0 bridgehead atoms. The number of sulfonamides is 1. The number of benzene rings is 2. The van der Waals surface area contributed by atoms with Crippen LogP contribution in [0.1, 0.15) is 17.2 Å². The van der Waals surface area contributed by atoms with Crippen molar-refractivity contribution in [3.8, 4) is 0 Å². The molecular formula is C15H13BrF3NO2S. The largest absolute Gasteiger partial charge is 0.408 e. The lowest BCUT2D eigenvalue weighted by atomic mass is 10.1. The van der Waals surface area contributed by atoms with Crippen LogP contribution in [0.5, 0.6) is 0 Å². The minimum atomic E-state index is -4.76. The molecule has 0 saturated carbocycles. The molecule has 0 spiro atoms. The Morgan fingerprint density at radius 1 is 1.00 bits per heavy atom. The summed E-state index contributed by atoms with van der Waals surface area (Å²) in [4.78, 5) is -0.213. The molecule has 0 amide bonds. The van der Waals surface area contributed by atoms with Crippen molar-refractivity contribution in [2.24, 2.45) is 0 Å². The van der Waals surface area contributed by atoms with E-state index in [1.54, 1.807) is 11.6 Å². The smallest absolute Gasteiger partial charge is 0.207 e. The topological polar surface area (TPSA) is 46.2 Å². The maximum absolute atomic E-state index is 13.3. The fourth-order valence-corrected chi connectivity index (χ4v) is 3.39. The van der Waals surface area contributed by atoms with E-state index < -0.39 is 22.2 Å². The lowest BCUT2D eigenvalue weighted by Crippen LogP contribution is -2.38. The highest BCUT2D eigenvalue weighted by Gasteiger charge is 2.43. The molecular weight excluding hydrogens is 395 g/mol. The molecule has 2 aromatic rings. The second kappa shape index (κ2) is 6.62. The fourth-order valence-electron chi connectivity index (χ4n) is 1.92. The molecule has 2 rings (SSSR count). The maximum atomic E-state index is 13.3. The first kappa shape index (κ1) is 18.0. The first-order chi connectivity index (χ1) is 10.6. The van der Waals surface area contributed by atoms with Gasteiger partial charge in [0.15, 0.2) is 0 Å². The van der Waals surface area contributed by atoms with E-state index in [2.05, 4.69) is 15.9 Å². The summed E-state index contributed by atoms with van der Waals surface area (Å²) >= 11 is 3.13. The van der Waals surface area contributed by atoms with E-state index >= 15 is 0 Å². The van der Waals surface area contributed by atoms with Crippen LogP contribution in [0, 0.1) is 6.92 Å². The molecule has 0 aromatic heterocycles. The quantitative estimate of drug-likeness (QED) is 0.819. The first-order valence-electron chi connectivity index (χ1n) is 6.51. The molecule has 0 radical (unpaired) electrons. The van der Waals surface area contributed by atoms with Crippen molar-refractivity contribution >= 4 is 26.0 Å². The Hall–Kier alpha value is -1.38. The summed E-state index contributed by atoms with van der Waals surface area (Å²) in [7, 11) is -4.30. The zero-order valence-electron chi connectivity index (χ0n) is 11.9. The third-order valence-electron chi connectivity index (χ3n) is 3.13. The van der Waals surface area contributed by atoms with E-state index in [0.29, 0.717) is 4.47 Å². The van der Waals surface area contributed by atoms with Gasteiger partial charge in [-0.1, -0.05) is 45.8 Å². The van der Waals surface area contributed by atoms with Gasteiger partial charge in [-0.3, -0.25) is 0 Å². The van der Waals surface area contributed by atoms with Gasteiger partial charge in [-0.15, -0.1) is 0 Å². The monoisotopic (exact) mass is 407 g/mol. The van der Waals surface area contributed by atoms with E-state index in [1.807, 2.05) is 0 Å². The number of aryl methyl sites for hydroxylation is 1. The van der Waals surface area contributed by atoms with Crippen LogP contribution in [-0.2, 0) is 10.0 Å². The van der Waals surface area contributed by atoms with Crippen molar-refractivity contribution in [1.29, 1.82) is 0 Å². The Morgan fingerprint density at radius 2 is 1.52 bits per heavy atom. The van der Waals surface area contributed by atoms with Crippen LogP contribution in [0.2, 0.25) is 0 Å². The van der Waals surface area contributed by atoms with E-state index in [1.165, 1.54) is 48.5 Å². The van der Waals surface area contributed by atoms with Gasteiger partial charge in [-0.05, 0) is 36.8 Å². The molecule has 124 valence electrons. The summed E-state index contributed by atoms with van der Waals surface area (Å²) in [6.07, 6.45) is -4.76. The summed E-state index contributed by atoms with van der Waals surface area (Å²) in [5.74, 6) is 0. The number of alkyl halides is 3. The SMILES string of the molecule is Cc1ccc(S(=O)(=O)NC(c2ccc(Br)cc2)C(F)(F)F)cc1. The third kappa shape index (κ3) is 4.55. The van der Waals surface area contributed by atoms with Gasteiger partial charge >= 0.3 is 6.18 Å². The van der Waals surface area contributed by atoms with Crippen molar-refractivity contribution in [2.75, 3.05) is 0 Å². The zero-order valence-corrected chi connectivity index (χ0v) is 14.3. The van der Waals surface area contributed by atoms with Gasteiger partial charge in [-0.2, -0.15) is 17.9 Å². The van der Waals surface area contributed by atoms with Crippen molar-refractivity contribution in [1.82, 2.24) is 4.72 Å². The Morgan fingerprint density at radius 3 is 2.00 bits per heavy atom. The lowest BCUT2D eigenvalue weighted by molar-refractivity contribution is -0.153. The zero-order chi connectivity index (χ0) is 17.3. The third-order valence-corrected chi connectivity index (χ3v) is 5.10. The highest BCUT2D eigenvalue weighted by molar-refractivity contribution is 9.10. The molecule has 1 unspecified atom stereocenters. The summed E-state index contributed by atoms with van der Waals surface area (Å²) in [5.41, 5.74) is 0.626. The van der Waals surface area contributed by atoms with Crippen LogP contribution in [-0.4, -0.2) is 14.6 Å². The number of nitrogens with one attached hydrogen (secondary N) is 1. The van der Waals surface area contributed by atoms with Gasteiger partial charge in [0.25, 0.3) is 0 Å². The van der Waals surface area contributed by atoms with Crippen molar-refractivity contribution in [2.45, 2.75) is 24.0 Å². The molecule has 0 saturated heterocycles. The highest BCUT2D eigenvalue weighted by atomic mass is 79.9. The predicted octanol–water partition coefficient (Wildman–Crippen LogP) is 4.34. The molecule has 0 aliphatic carbocycles. The molecule has 8 heteroatoms. The Labute approximate surface area is 140 Å². The molecule has 2 aromatic carbocycles. The Kier molecular flexibility index (Phi) is 5.17. The number of halogens is 4. The van der Waals surface area contributed by atoms with Gasteiger partial charge in [0.05, 0.1) is 4.90 Å². The predicted molar refractivity (Wildman–Crippen MR) is 84.4 cm³/mol. The highest BCUT2D eigenvalue weighted by Crippen LogP contribution is 2.34. The van der Waals surface area contributed by atoms with E-state index in [4.69, 9.17) is 0 Å². The molecule has 0 aliphatic heterocycles. The van der Waals surface area contributed by atoms with Gasteiger partial charge in [-0.25, -0.2) is 8.42 Å². The van der Waals surface area contributed by atoms with Gasteiger partial charge in [0, 0.05) is 4.47 Å². The minimum Gasteiger partial charge on any atom is -0.207 e. The van der Waals surface area contributed by atoms with Crippen molar-refractivity contribution in [3.63, 3.8) is 0 Å². The molecule has 1 atom stereocenters. The van der Waals surface area contributed by atoms with Crippen LogP contribution in [0.3, 0.4) is 0 Å². The maximum Gasteiger partial charge on any atom is 0.408 e. The molecule has 0 heterocycles. The summed E-state index contributed by atoms with van der Waals surface area (Å²) in [6.45, 7) is 1.75. The molecule has 0 aliphatic rings. The van der Waals surface area contributed by atoms with Gasteiger partial charge in [0.1, 0.15) is 6.04 Å². The fraction of sp³-hybridized carbons (Fsp3) is 0.200. The molecule has 0 fully saturated rings. The second-order valence-corrected chi connectivity index (χ2v) is 7.59. The van der Waals surface area contributed by atoms with Crippen molar-refractivity contribution < 1.29 is 21.6 Å². The van der Waals surface area contributed by atoms with E-state index in [-0.39, 0.29) is 10.5 Å². The van der Waals surface area contributed by atoms with E-state index in [9.17, 15) is 21.6 Å². The van der Waals surface area contributed by atoms with Crippen LogP contribution >= 0.6 is 15.9 Å². The minimum absolute atomic E-state index is 0.184. The summed E-state index contributed by atoms with van der Waals surface area (Å²) in [5, 5.41) is 0. The normalized spacial score (nSPS) is 13.8. The van der Waals surface area contributed by atoms with Crippen LogP contribution in [0.4, 0.5) is 13.2 Å². The molecule has 3 nitrogen and oxygen atoms in total. The standard InChI is InChI=1S/C15H13BrF3NO2S/c1-10-2-8-13(9-3-10)23(21,22)20-14(15(17,18)19)11-4-6-12(16)7-5-11/h2-9,14,20H,1H3. The molecule has 23 heavy (non-hydrogen) atoms. The lowest BCUT2D eigenvalue weighted by Gasteiger charge is -2.22. The second-order valence-electron chi connectivity index (χ2n) is 4.96. The number of hydrogen-bond acceptors (Lipinski definition) is 2.